The Hall–Kier alpha value is -6.77. The highest BCUT2D eigenvalue weighted by Gasteiger charge is 2.49. The lowest BCUT2D eigenvalue weighted by molar-refractivity contribution is -0.138. The average Bonchev–Trinajstić information content (AvgIpc) is 3.63. The minimum atomic E-state index is -4.75. The van der Waals surface area contributed by atoms with Crippen LogP contribution >= 0.6 is 0 Å². The van der Waals surface area contributed by atoms with Crippen LogP contribution in [0.15, 0.2) is 84.9 Å². The second-order valence-electron chi connectivity index (χ2n) is 15.8. The summed E-state index contributed by atoms with van der Waals surface area (Å²) >= 11 is 0. The number of likely N-dealkylation sites (tertiary alicyclic amines) is 1. The van der Waals surface area contributed by atoms with Crippen molar-refractivity contribution in [3.05, 3.63) is 113 Å². The number of halogens is 3. The molecule has 5 amide bonds. The first kappa shape index (κ1) is 44.3. The maximum absolute atomic E-state index is 13.5. The van der Waals surface area contributed by atoms with E-state index in [2.05, 4.69) is 5.32 Å². The number of carbonyl (C=O) groups is 5. The van der Waals surface area contributed by atoms with E-state index >= 15 is 0 Å². The molecule has 0 saturated carbocycles. The fourth-order valence-electron chi connectivity index (χ4n) is 7.68. The van der Waals surface area contributed by atoms with Crippen LogP contribution < -0.4 is 19.5 Å². The molecule has 3 aliphatic rings. The van der Waals surface area contributed by atoms with Crippen molar-refractivity contribution < 1.29 is 60.8 Å². The zero-order valence-corrected chi connectivity index (χ0v) is 34.4. The summed E-state index contributed by atoms with van der Waals surface area (Å²) in [7, 11) is 0. The molecular weight excluding hydrogens is 826 g/mol. The minimum Gasteiger partial charge on any atom is -0.491 e. The maximum Gasteiger partial charge on any atom is 0.417 e. The van der Waals surface area contributed by atoms with Gasteiger partial charge in [0.25, 0.3) is 17.7 Å². The first-order chi connectivity index (χ1) is 30.1. The molecule has 2 unspecified atom stereocenters. The fourth-order valence-corrected chi connectivity index (χ4v) is 7.68. The topological polar surface area (TPSA) is 174 Å². The van der Waals surface area contributed by atoms with Crippen molar-refractivity contribution in [3.63, 3.8) is 0 Å². The van der Waals surface area contributed by atoms with Crippen molar-refractivity contribution in [2.24, 2.45) is 5.41 Å². The minimum absolute atomic E-state index is 0.0281. The first-order valence-corrected chi connectivity index (χ1v) is 20.2. The Bertz CT molecular complexity index is 2430. The summed E-state index contributed by atoms with van der Waals surface area (Å²) in [5.74, 6) is -2.01. The van der Waals surface area contributed by atoms with E-state index in [9.17, 15) is 37.1 Å². The van der Waals surface area contributed by atoms with Gasteiger partial charge in [-0.2, -0.15) is 18.4 Å². The number of alkyl halides is 3. The Labute approximate surface area is 360 Å². The molecule has 2 fully saturated rings. The highest BCUT2D eigenvalue weighted by molar-refractivity contribution is 6.24. The van der Waals surface area contributed by atoms with Gasteiger partial charge in [0.1, 0.15) is 36.5 Å². The van der Waals surface area contributed by atoms with Gasteiger partial charge in [-0.25, -0.2) is 0 Å². The van der Waals surface area contributed by atoms with Crippen LogP contribution in [-0.4, -0.2) is 97.7 Å². The Morgan fingerprint density at radius 2 is 1.43 bits per heavy atom. The number of nitrogens with one attached hydrogen (secondary N) is 1. The number of carbonyl (C=O) groups excluding carboxylic acids is 5. The molecule has 3 aliphatic heterocycles. The van der Waals surface area contributed by atoms with Crippen LogP contribution in [0.5, 0.6) is 17.2 Å². The smallest absolute Gasteiger partial charge is 0.417 e. The number of imide groups is 2. The van der Waals surface area contributed by atoms with Gasteiger partial charge < -0.3 is 28.6 Å². The molecule has 0 bridgehead atoms. The number of nitriles is 1. The third kappa shape index (κ3) is 9.98. The van der Waals surface area contributed by atoms with Gasteiger partial charge in [0.15, 0.2) is 6.10 Å². The van der Waals surface area contributed by atoms with Crippen LogP contribution in [0.4, 0.5) is 13.2 Å². The Morgan fingerprint density at radius 1 is 0.794 bits per heavy atom. The van der Waals surface area contributed by atoms with E-state index in [4.69, 9.17) is 28.9 Å². The Morgan fingerprint density at radius 3 is 2.08 bits per heavy atom. The number of amides is 5. The number of benzene rings is 4. The first-order valence-electron chi connectivity index (χ1n) is 20.2. The average molecular weight is 869 g/mol. The summed E-state index contributed by atoms with van der Waals surface area (Å²) in [5.41, 5.74) is 0.639. The van der Waals surface area contributed by atoms with Gasteiger partial charge in [-0.1, -0.05) is 56.3 Å². The van der Waals surface area contributed by atoms with Gasteiger partial charge in [-0.15, -0.1) is 0 Å². The van der Waals surface area contributed by atoms with Crippen LogP contribution in [-0.2, 0) is 36.6 Å². The molecule has 328 valence electrons. The maximum atomic E-state index is 13.5. The predicted octanol–water partition coefficient (Wildman–Crippen LogP) is 5.95. The number of hydrogen-bond acceptors (Lipinski definition) is 11. The van der Waals surface area contributed by atoms with Gasteiger partial charge in [-0.3, -0.25) is 34.2 Å². The standard InChI is InChI=1S/C46H43F3N4O10/c1-45(2)27-52(44(58)40(45)63-33-15-12-31(25-50)35(24-33)46(47,48)49)26-28-6-8-29(9-7-28)30-10-13-32(14-11-30)61-22-20-59-18-19-60-21-23-62-37-5-3-4-34-39(37)43(57)53(42(34)56)36-16-17-38(54)51-41(36)55/h3-15,24,36,40H,16-23,26-27H2,1-2H3,(H,51,54,55). The van der Waals surface area contributed by atoms with E-state index in [0.29, 0.717) is 32.1 Å². The van der Waals surface area contributed by atoms with Crippen LogP contribution in [0, 0.1) is 16.7 Å². The quantitative estimate of drug-likeness (QED) is 0.0982. The second-order valence-corrected chi connectivity index (χ2v) is 15.8. The number of hydrogen-bond donors (Lipinski definition) is 1. The molecular formula is C46H43F3N4O10. The second kappa shape index (κ2) is 18.7. The SMILES string of the molecule is CC1(C)CN(Cc2ccc(-c3ccc(OCCOCCOCCOc4cccc5c4C(=O)N(C4CCC(=O)NC4=O)C5=O)cc3)cc2)C(=O)C1Oc1ccc(C#N)c(C(F)(F)F)c1. The molecule has 3 heterocycles. The molecule has 0 spiro atoms. The number of ether oxygens (including phenoxy) is 5. The third-order valence-corrected chi connectivity index (χ3v) is 10.8. The Balaban J connectivity index is 0.794. The monoisotopic (exact) mass is 868 g/mol. The summed E-state index contributed by atoms with van der Waals surface area (Å²) in [4.78, 5) is 66.0. The van der Waals surface area contributed by atoms with E-state index in [1.165, 1.54) is 12.1 Å². The predicted molar refractivity (Wildman–Crippen MR) is 217 cm³/mol. The van der Waals surface area contributed by atoms with Crippen LogP contribution in [0.2, 0.25) is 0 Å². The molecule has 14 nitrogen and oxygen atoms in total. The molecule has 0 aromatic heterocycles. The molecule has 1 N–H and O–H groups in total. The number of fused-ring (bicyclic) bond motifs is 1. The lowest BCUT2D eigenvalue weighted by Crippen LogP contribution is -2.54. The van der Waals surface area contributed by atoms with E-state index in [1.807, 2.05) is 62.4 Å². The normalized spacial score (nSPS) is 18.3. The van der Waals surface area contributed by atoms with Gasteiger partial charge in [0, 0.05) is 24.9 Å². The summed E-state index contributed by atoms with van der Waals surface area (Å²) in [6.45, 7) is 5.75. The molecule has 17 heteroatoms. The van der Waals surface area contributed by atoms with Gasteiger partial charge >= 0.3 is 6.18 Å². The molecule has 2 saturated heterocycles. The van der Waals surface area contributed by atoms with Crippen molar-refractivity contribution in [3.8, 4) is 34.4 Å². The summed E-state index contributed by atoms with van der Waals surface area (Å²) in [6.07, 6.45) is -5.67. The van der Waals surface area contributed by atoms with Crippen LogP contribution in [0.1, 0.15) is 64.1 Å². The lowest BCUT2D eigenvalue weighted by atomic mass is 9.89. The van der Waals surface area contributed by atoms with Gasteiger partial charge in [0.05, 0.1) is 54.8 Å². The van der Waals surface area contributed by atoms with Crippen molar-refractivity contribution in [1.82, 2.24) is 15.1 Å². The van der Waals surface area contributed by atoms with Crippen LogP contribution in [0.25, 0.3) is 11.1 Å². The molecule has 63 heavy (non-hydrogen) atoms. The largest absolute Gasteiger partial charge is 0.491 e. The van der Waals surface area contributed by atoms with E-state index < -0.39 is 58.5 Å². The van der Waals surface area contributed by atoms with E-state index in [0.717, 1.165) is 33.7 Å². The van der Waals surface area contributed by atoms with E-state index in [1.54, 1.807) is 23.1 Å². The molecule has 4 aromatic carbocycles. The molecule has 4 aromatic rings. The highest BCUT2D eigenvalue weighted by atomic mass is 19.4. The summed E-state index contributed by atoms with van der Waals surface area (Å²) in [6, 6.07) is 23.5. The zero-order valence-electron chi connectivity index (χ0n) is 34.4. The van der Waals surface area contributed by atoms with E-state index in [-0.39, 0.29) is 67.7 Å². The summed E-state index contributed by atoms with van der Waals surface area (Å²) in [5, 5.41) is 11.3. The molecule has 0 radical (unpaired) electrons. The summed E-state index contributed by atoms with van der Waals surface area (Å²) < 4.78 is 69.2. The number of nitrogens with zero attached hydrogens (tertiary/aromatic N) is 3. The van der Waals surface area contributed by atoms with Crippen molar-refractivity contribution in [1.29, 1.82) is 5.26 Å². The number of rotatable bonds is 17. The molecule has 7 rings (SSSR count). The van der Waals surface area contributed by atoms with Crippen molar-refractivity contribution in [2.75, 3.05) is 46.2 Å². The Kier molecular flexibility index (Phi) is 13.1. The lowest BCUT2D eigenvalue weighted by Gasteiger charge is -2.27. The number of piperidine rings is 1. The molecule has 2 atom stereocenters. The van der Waals surface area contributed by atoms with Crippen molar-refractivity contribution in [2.45, 2.75) is 51.6 Å². The third-order valence-electron chi connectivity index (χ3n) is 10.8. The van der Waals surface area contributed by atoms with Crippen molar-refractivity contribution >= 4 is 29.5 Å². The molecule has 0 aliphatic carbocycles. The van der Waals surface area contributed by atoms with Crippen LogP contribution in [0.3, 0.4) is 0 Å². The fraction of sp³-hybridized carbons (Fsp3) is 0.348. The zero-order chi connectivity index (χ0) is 44.9. The van der Waals surface area contributed by atoms with Gasteiger partial charge in [-0.05, 0) is 65.6 Å². The highest BCUT2D eigenvalue weighted by Crippen LogP contribution is 2.39. The van der Waals surface area contributed by atoms with Gasteiger partial charge in [0.2, 0.25) is 11.8 Å².